The Hall–Kier alpha value is -0.580. The largest absolute Gasteiger partial charge is 0.490 e. The Labute approximate surface area is 124 Å². The van der Waals surface area contributed by atoms with Crippen LogP contribution in [0.25, 0.3) is 0 Å². The van der Waals surface area contributed by atoms with Gasteiger partial charge in [0.2, 0.25) is 0 Å². The van der Waals surface area contributed by atoms with E-state index in [0.717, 1.165) is 29.9 Å². The molecule has 3 nitrogen and oxygen atoms in total. The van der Waals surface area contributed by atoms with Crippen molar-refractivity contribution >= 4 is 15.9 Å². The van der Waals surface area contributed by atoms with E-state index in [4.69, 9.17) is 9.47 Å². The average Bonchev–Trinajstić information content (AvgIpc) is 2.36. The number of hydrogen-bond acceptors (Lipinski definition) is 3. The zero-order valence-corrected chi connectivity index (χ0v) is 13.6. The molecule has 1 aromatic rings. The van der Waals surface area contributed by atoms with Crippen LogP contribution in [0.1, 0.15) is 26.3 Å². The van der Waals surface area contributed by atoms with Crippen molar-refractivity contribution in [2.75, 3.05) is 26.4 Å². The van der Waals surface area contributed by atoms with Gasteiger partial charge in [0, 0.05) is 13.2 Å². The predicted molar refractivity (Wildman–Crippen MR) is 82.7 cm³/mol. The number of benzene rings is 1. The van der Waals surface area contributed by atoms with Crippen LogP contribution in [0.5, 0.6) is 5.75 Å². The van der Waals surface area contributed by atoms with Crippen LogP contribution in [0, 0.1) is 5.92 Å². The van der Waals surface area contributed by atoms with Gasteiger partial charge in [-0.2, -0.15) is 0 Å². The normalized spacial score (nSPS) is 11.0. The van der Waals surface area contributed by atoms with Crippen molar-refractivity contribution in [1.82, 2.24) is 5.32 Å². The van der Waals surface area contributed by atoms with Gasteiger partial charge in [-0.1, -0.05) is 19.9 Å². The van der Waals surface area contributed by atoms with E-state index in [0.29, 0.717) is 19.1 Å². The summed E-state index contributed by atoms with van der Waals surface area (Å²) < 4.78 is 11.9. The van der Waals surface area contributed by atoms with Gasteiger partial charge in [-0.25, -0.2) is 0 Å². The van der Waals surface area contributed by atoms with Crippen molar-refractivity contribution in [2.45, 2.75) is 27.3 Å². The minimum Gasteiger partial charge on any atom is -0.490 e. The second-order valence-corrected chi connectivity index (χ2v) is 5.69. The molecule has 19 heavy (non-hydrogen) atoms. The topological polar surface area (TPSA) is 30.5 Å². The van der Waals surface area contributed by atoms with Crippen LogP contribution < -0.4 is 10.1 Å². The van der Waals surface area contributed by atoms with Gasteiger partial charge in [0.15, 0.2) is 0 Å². The van der Waals surface area contributed by atoms with Crippen LogP contribution >= 0.6 is 15.9 Å². The number of nitrogens with one attached hydrogen (secondary N) is 1. The average molecular weight is 330 g/mol. The summed E-state index contributed by atoms with van der Waals surface area (Å²) in [6, 6.07) is 6.19. The molecule has 0 unspecified atom stereocenters. The van der Waals surface area contributed by atoms with Crippen molar-refractivity contribution in [3.05, 3.63) is 28.2 Å². The number of rotatable bonds is 9. The van der Waals surface area contributed by atoms with Gasteiger partial charge in [0.25, 0.3) is 0 Å². The van der Waals surface area contributed by atoms with Gasteiger partial charge in [-0.05, 0) is 53.0 Å². The highest BCUT2D eigenvalue weighted by molar-refractivity contribution is 9.10. The van der Waals surface area contributed by atoms with Gasteiger partial charge in [0.1, 0.15) is 12.4 Å². The summed E-state index contributed by atoms with van der Waals surface area (Å²) in [5.74, 6) is 1.54. The quantitative estimate of drug-likeness (QED) is 0.702. The van der Waals surface area contributed by atoms with Gasteiger partial charge >= 0.3 is 0 Å². The smallest absolute Gasteiger partial charge is 0.133 e. The third-order valence-corrected chi connectivity index (χ3v) is 3.19. The molecular weight excluding hydrogens is 306 g/mol. The van der Waals surface area contributed by atoms with Gasteiger partial charge < -0.3 is 14.8 Å². The van der Waals surface area contributed by atoms with Crippen LogP contribution in [-0.2, 0) is 11.3 Å². The van der Waals surface area contributed by atoms with Crippen molar-refractivity contribution < 1.29 is 9.47 Å². The maximum absolute atomic E-state index is 5.64. The summed E-state index contributed by atoms with van der Waals surface area (Å²) in [5, 5.41) is 3.43. The first-order valence-electron chi connectivity index (χ1n) is 6.83. The van der Waals surface area contributed by atoms with Crippen LogP contribution in [-0.4, -0.2) is 26.4 Å². The Kier molecular flexibility index (Phi) is 8.10. The molecule has 4 heteroatoms. The molecule has 0 radical (unpaired) electrons. The van der Waals surface area contributed by atoms with Crippen LogP contribution in [0.15, 0.2) is 22.7 Å². The summed E-state index contributed by atoms with van der Waals surface area (Å²) in [4.78, 5) is 0. The fourth-order valence-electron chi connectivity index (χ4n) is 1.63. The fourth-order valence-corrected chi connectivity index (χ4v) is 2.17. The Morgan fingerprint density at radius 2 is 2.05 bits per heavy atom. The lowest BCUT2D eigenvalue weighted by atomic mass is 10.2. The molecular formula is C15H24BrNO2. The summed E-state index contributed by atoms with van der Waals surface area (Å²) >= 11 is 3.54. The molecule has 108 valence electrons. The monoisotopic (exact) mass is 329 g/mol. The second-order valence-electron chi connectivity index (χ2n) is 4.83. The van der Waals surface area contributed by atoms with E-state index < -0.39 is 0 Å². The Bertz CT molecular complexity index is 369. The first kappa shape index (κ1) is 16.5. The molecule has 1 N–H and O–H groups in total. The first-order valence-corrected chi connectivity index (χ1v) is 7.62. The van der Waals surface area contributed by atoms with Crippen molar-refractivity contribution in [2.24, 2.45) is 5.92 Å². The van der Waals surface area contributed by atoms with Crippen molar-refractivity contribution in [3.8, 4) is 5.75 Å². The van der Waals surface area contributed by atoms with Crippen LogP contribution in [0.4, 0.5) is 0 Å². The van der Waals surface area contributed by atoms with Gasteiger partial charge in [0.05, 0.1) is 11.1 Å². The Balaban J connectivity index is 2.40. The molecule has 1 rings (SSSR count). The first-order chi connectivity index (χ1) is 9.13. The Morgan fingerprint density at radius 3 is 2.68 bits per heavy atom. The van der Waals surface area contributed by atoms with Gasteiger partial charge in [-0.3, -0.25) is 0 Å². The summed E-state index contributed by atoms with van der Waals surface area (Å²) in [6.07, 6.45) is 0. The number of hydrogen-bond donors (Lipinski definition) is 1. The van der Waals surface area contributed by atoms with E-state index in [1.54, 1.807) is 0 Å². The van der Waals surface area contributed by atoms with Crippen molar-refractivity contribution in [1.29, 1.82) is 0 Å². The molecule has 0 fully saturated rings. The Morgan fingerprint density at radius 1 is 1.26 bits per heavy atom. The van der Waals surface area contributed by atoms with Crippen LogP contribution in [0.3, 0.4) is 0 Å². The molecule has 1 aromatic carbocycles. The molecule has 0 saturated carbocycles. The predicted octanol–water partition coefficient (Wildman–Crippen LogP) is 3.61. The molecule has 0 aliphatic heterocycles. The molecule has 0 amide bonds. The van der Waals surface area contributed by atoms with Crippen LogP contribution in [0.2, 0.25) is 0 Å². The fraction of sp³-hybridized carbons (Fsp3) is 0.600. The summed E-state index contributed by atoms with van der Waals surface area (Å²) in [6.45, 7) is 10.2. The standard InChI is InChI=1S/C15H24BrNO2/c1-4-18-7-8-19-15-6-5-13(9-14(15)16)11-17-10-12(2)3/h5-6,9,12,17H,4,7-8,10-11H2,1-3H3. The van der Waals surface area contributed by atoms with E-state index in [-0.39, 0.29) is 0 Å². The highest BCUT2D eigenvalue weighted by atomic mass is 79.9. The molecule has 0 aliphatic rings. The van der Waals surface area contributed by atoms with Crippen molar-refractivity contribution in [3.63, 3.8) is 0 Å². The minimum absolute atomic E-state index is 0.581. The number of ether oxygens (including phenoxy) is 2. The second kappa shape index (κ2) is 9.34. The lowest BCUT2D eigenvalue weighted by Gasteiger charge is -2.11. The maximum Gasteiger partial charge on any atom is 0.133 e. The third kappa shape index (κ3) is 6.95. The van der Waals surface area contributed by atoms with E-state index >= 15 is 0 Å². The molecule has 0 atom stereocenters. The molecule has 0 spiro atoms. The maximum atomic E-state index is 5.64. The highest BCUT2D eigenvalue weighted by Crippen LogP contribution is 2.25. The number of halogens is 1. The molecule has 0 bridgehead atoms. The van der Waals surface area contributed by atoms with E-state index in [1.807, 2.05) is 13.0 Å². The minimum atomic E-state index is 0.581. The summed E-state index contributed by atoms with van der Waals surface area (Å²) in [5.41, 5.74) is 1.25. The molecule has 0 saturated heterocycles. The van der Waals surface area contributed by atoms with E-state index in [9.17, 15) is 0 Å². The zero-order chi connectivity index (χ0) is 14.1. The lowest BCUT2D eigenvalue weighted by molar-refractivity contribution is 0.110. The van der Waals surface area contributed by atoms with E-state index in [2.05, 4.69) is 47.2 Å². The SMILES string of the molecule is CCOCCOc1ccc(CNCC(C)C)cc1Br. The highest BCUT2D eigenvalue weighted by Gasteiger charge is 2.03. The molecule has 0 aliphatic carbocycles. The zero-order valence-electron chi connectivity index (χ0n) is 12.0. The molecule has 0 heterocycles. The summed E-state index contributed by atoms with van der Waals surface area (Å²) in [7, 11) is 0. The third-order valence-electron chi connectivity index (χ3n) is 2.57. The molecule has 0 aromatic heterocycles. The van der Waals surface area contributed by atoms with Gasteiger partial charge in [-0.15, -0.1) is 0 Å². The lowest BCUT2D eigenvalue weighted by Crippen LogP contribution is -2.18. The van der Waals surface area contributed by atoms with E-state index in [1.165, 1.54) is 5.56 Å².